The number of rotatable bonds is 5. The van der Waals surface area contributed by atoms with E-state index < -0.39 is 4.92 Å². The van der Waals surface area contributed by atoms with Crippen molar-refractivity contribution >= 4 is 29.1 Å². The van der Waals surface area contributed by atoms with Gasteiger partial charge in [0.2, 0.25) is 11.6 Å². The molecule has 1 saturated heterocycles. The summed E-state index contributed by atoms with van der Waals surface area (Å²) in [5.41, 5.74) is 0.626. The number of hydrogen-bond acceptors (Lipinski definition) is 8. The van der Waals surface area contributed by atoms with Crippen LogP contribution in [0.5, 0.6) is 0 Å². The van der Waals surface area contributed by atoms with Crippen LogP contribution in [0.4, 0.5) is 27.8 Å². The summed E-state index contributed by atoms with van der Waals surface area (Å²) in [4.78, 5) is 36.7. The lowest BCUT2D eigenvalue weighted by Crippen LogP contribution is -2.49. The van der Waals surface area contributed by atoms with Crippen molar-refractivity contribution in [1.82, 2.24) is 14.9 Å². The van der Waals surface area contributed by atoms with E-state index in [1.165, 1.54) is 6.33 Å². The van der Waals surface area contributed by atoms with Crippen LogP contribution in [0.3, 0.4) is 0 Å². The molecule has 10 heteroatoms. The van der Waals surface area contributed by atoms with Gasteiger partial charge in [-0.1, -0.05) is 18.2 Å². The Balaban J connectivity index is 1.87. The molecule has 3 rings (SSSR count). The predicted molar refractivity (Wildman–Crippen MR) is 104 cm³/mol. The van der Waals surface area contributed by atoms with Gasteiger partial charge in [-0.3, -0.25) is 10.1 Å². The molecule has 1 aliphatic heterocycles. The zero-order valence-corrected chi connectivity index (χ0v) is 15.8. The van der Waals surface area contributed by atoms with Crippen LogP contribution in [-0.2, 0) is 4.74 Å². The average Bonchev–Trinajstić information content (AvgIpc) is 2.73. The first-order valence-corrected chi connectivity index (χ1v) is 8.97. The van der Waals surface area contributed by atoms with Gasteiger partial charge in [0, 0.05) is 38.9 Å². The van der Waals surface area contributed by atoms with Gasteiger partial charge in [0.15, 0.2) is 0 Å². The van der Waals surface area contributed by atoms with Gasteiger partial charge < -0.3 is 19.4 Å². The van der Waals surface area contributed by atoms with Crippen molar-refractivity contribution in [1.29, 1.82) is 0 Å². The van der Waals surface area contributed by atoms with Crippen LogP contribution in [0.1, 0.15) is 6.92 Å². The van der Waals surface area contributed by atoms with Gasteiger partial charge in [0.25, 0.3) is 0 Å². The summed E-state index contributed by atoms with van der Waals surface area (Å²) in [5.74, 6) is 0.468. The number of para-hydroxylation sites is 1. The van der Waals surface area contributed by atoms with E-state index >= 15 is 0 Å². The van der Waals surface area contributed by atoms with E-state index in [1.807, 2.05) is 30.3 Å². The lowest BCUT2D eigenvalue weighted by molar-refractivity contribution is -0.383. The SMILES string of the molecule is CCOC(=O)N1CCN(c2ncnc(N(C)c3ccccc3)c2[N+](=O)[O-])CC1. The Bertz CT molecular complexity index is 839. The Hall–Kier alpha value is -3.43. The number of amides is 1. The van der Waals surface area contributed by atoms with Crippen LogP contribution < -0.4 is 9.80 Å². The monoisotopic (exact) mass is 386 g/mol. The van der Waals surface area contributed by atoms with Crippen molar-refractivity contribution in [3.63, 3.8) is 0 Å². The second kappa shape index (κ2) is 8.51. The summed E-state index contributed by atoms with van der Waals surface area (Å²) in [6.45, 7) is 3.72. The van der Waals surface area contributed by atoms with Crippen molar-refractivity contribution in [2.24, 2.45) is 0 Å². The number of ether oxygens (including phenoxy) is 1. The second-order valence-corrected chi connectivity index (χ2v) is 6.19. The molecule has 0 bridgehead atoms. The molecule has 0 atom stereocenters. The first-order chi connectivity index (χ1) is 13.5. The predicted octanol–water partition coefficient (Wildman–Crippen LogP) is 2.43. The third-order valence-electron chi connectivity index (χ3n) is 4.53. The summed E-state index contributed by atoms with van der Waals surface area (Å²) in [7, 11) is 1.73. The third-order valence-corrected chi connectivity index (χ3v) is 4.53. The number of nitrogens with zero attached hydrogens (tertiary/aromatic N) is 6. The van der Waals surface area contributed by atoms with Crippen molar-refractivity contribution in [3.8, 4) is 0 Å². The minimum absolute atomic E-state index is 0.154. The number of hydrogen-bond donors (Lipinski definition) is 0. The van der Waals surface area contributed by atoms with E-state index in [0.717, 1.165) is 5.69 Å². The van der Waals surface area contributed by atoms with Crippen LogP contribution in [0, 0.1) is 10.1 Å². The molecule has 0 spiro atoms. The fourth-order valence-corrected chi connectivity index (χ4v) is 3.09. The molecule has 148 valence electrons. The first kappa shape index (κ1) is 19.3. The smallest absolute Gasteiger partial charge is 0.409 e. The topological polar surface area (TPSA) is 105 Å². The largest absolute Gasteiger partial charge is 0.450 e. The molecule has 28 heavy (non-hydrogen) atoms. The molecule has 1 aliphatic rings. The zero-order chi connectivity index (χ0) is 20.1. The quantitative estimate of drug-likeness (QED) is 0.570. The molecule has 0 N–H and O–H groups in total. The Labute approximate surface area is 162 Å². The summed E-state index contributed by atoms with van der Waals surface area (Å²) >= 11 is 0. The summed E-state index contributed by atoms with van der Waals surface area (Å²) in [5, 5.41) is 11.9. The molecule has 2 aromatic rings. The van der Waals surface area contributed by atoms with E-state index in [-0.39, 0.29) is 23.4 Å². The molecule has 10 nitrogen and oxygen atoms in total. The number of carbonyl (C=O) groups is 1. The maximum Gasteiger partial charge on any atom is 0.409 e. The maximum absolute atomic E-state index is 11.9. The Morgan fingerprint density at radius 2 is 1.89 bits per heavy atom. The molecule has 0 saturated carbocycles. The molecule has 1 fully saturated rings. The Morgan fingerprint density at radius 3 is 2.50 bits per heavy atom. The number of carbonyl (C=O) groups excluding carboxylic acids is 1. The van der Waals surface area contributed by atoms with Gasteiger partial charge in [-0.25, -0.2) is 14.8 Å². The number of benzene rings is 1. The number of nitro groups is 1. The minimum Gasteiger partial charge on any atom is -0.450 e. The highest BCUT2D eigenvalue weighted by molar-refractivity contribution is 5.76. The third kappa shape index (κ3) is 3.95. The van der Waals surface area contributed by atoms with Gasteiger partial charge in [-0.15, -0.1) is 0 Å². The molecule has 1 amide bonds. The van der Waals surface area contributed by atoms with Crippen LogP contribution in [-0.4, -0.2) is 65.7 Å². The highest BCUT2D eigenvalue weighted by Gasteiger charge is 2.32. The lowest BCUT2D eigenvalue weighted by atomic mass is 10.2. The lowest BCUT2D eigenvalue weighted by Gasteiger charge is -2.34. The van der Waals surface area contributed by atoms with E-state index in [1.54, 1.807) is 28.7 Å². The summed E-state index contributed by atoms with van der Waals surface area (Å²) in [6, 6.07) is 9.29. The van der Waals surface area contributed by atoms with Crippen molar-refractivity contribution in [2.45, 2.75) is 6.92 Å². The van der Waals surface area contributed by atoms with Crippen LogP contribution in [0.15, 0.2) is 36.7 Å². The highest BCUT2D eigenvalue weighted by atomic mass is 16.6. The molecule has 0 radical (unpaired) electrons. The average molecular weight is 386 g/mol. The molecule has 1 aromatic heterocycles. The number of aromatic nitrogens is 2. The highest BCUT2D eigenvalue weighted by Crippen LogP contribution is 2.36. The van der Waals surface area contributed by atoms with E-state index in [9.17, 15) is 14.9 Å². The molecule has 0 aliphatic carbocycles. The van der Waals surface area contributed by atoms with Gasteiger partial charge in [0.1, 0.15) is 6.33 Å². The van der Waals surface area contributed by atoms with Gasteiger partial charge in [-0.2, -0.15) is 0 Å². The molecular weight excluding hydrogens is 364 g/mol. The van der Waals surface area contributed by atoms with Crippen LogP contribution in [0.25, 0.3) is 0 Å². The normalized spacial score (nSPS) is 13.9. The maximum atomic E-state index is 11.9. The van der Waals surface area contributed by atoms with Crippen LogP contribution >= 0.6 is 0 Å². The fraction of sp³-hybridized carbons (Fsp3) is 0.389. The van der Waals surface area contributed by atoms with Crippen molar-refractivity contribution < 1.29 is 14.5 Å². The Kier molecular flexibility index (Phi) is 5.87. The van der Waals surface area contributed by atoms with Crippen molar-refractivity contribution in [2.75, 3.05) is 49.6 Å². The fourth-order valence-electron chi connectivity index (χ4n) is 3.09. The summed E-state index contributed by atoms with van der Waals surface area (Å²) in [6.07, 6.45) is 0.957. The number of anilines is 3. The van der Waals surface area contributed by atoms with Gasteiger partial charge >= 0.3 is 11.8 Å². The van der Waals surface area contributed by atoms with E-state index in [0.29, 0.717) is 32.8 Å². The van der Waals surface area contributed by atoms with E-state index in [2.05, 4.69) is 9.97 Å². The standard InChI is InChI=1S/C18H22N6O4/c1-3-28-18(25)23-11-9-22(10-12-23)17-15(24(26)27)16(19-13-20-17)21(2)14-7-5-4-6-8-14/h4-8,13H,3,9-12H2,1-2H3. The van der Waals surface area contributed by atoms with Crippen LogP contribution in [0.2, 0.25) is 0 Å². The summed E-state index contributed by atoms with van der Waals surface area (Å²) < 4.78 is 5.01. The second-order valence-electron chi connectivity index (χ2n) is 6.19. The minimum atomic E-state index is -0.457. The number of piperazine rings is 1. The van der Waals surface area contributed by atoms with Crippen molar-refractivity contribution in [3.05, 3.63) is 46.8 Å². The van der Waals surface area contributed by atoms with E-state index in [4.69, 9.17) is 4.74 Å². The first-order valence-electron chi connectivity index (χ1n) is 8.97. The zero-order valence-electron chi connectivity index (χ0n) is 15.8. The van der Waals surface area contributed by atoms with Gasteiger partial charge in [-0.05, 0) is 19.1 Å². The molecule has 2 heterocycles. The van der Waals surface area contributed by atoms with Gasteiger partial charge in [0.05, 0.1) is 11.5 Å². The molecule has 0 unspecified atom stereocenters. The molecule has 1 aromatic carbocycles. The molecular formula is C18H22N6O4. The Morgan fingerprint density at radius 1 is 1.21 bits per heavy atom.